The number of benzene rings is 1. The summed E-state index contributed by atoms with van der Waals surface area (Å²) in [6, 6.07) is 6.92. The molecule has 0 bridgehead atoms. The highest BCUT2D eigenvalue weighted by Gasteiger charge is 2.44. The zero-order valence-corrected chi connectivity index (χ0v) is 16.8. The monoisotopic (exact) mass is 383 g/mol. The van der Waals surface area contributed by atoms with Crippen LogP contribution in [0, 0.1) is 5.41 Å². The maximum atomic E-state index is 13.0. The molecule has 138 valence electrons. The Morgan fingerprint density at radius 3 is 2.60 bits per heavy atom. The molecule has 1 aromatic rings. The third-order valence-electron chi connectivity index (χ3n) is 3.86. The van der Waals surface area contributed by atoms with E-state index >= 15 is 0 Å². The van der Waals surface area contributed by atoms with Gasteiger partial charge >= 0.3 is 5.97 Å². The van der Waals surface area contributed by atoms with Crippen molar-refractivity contribution in [3.63, 3.8) is 0 Å². The molecule has 1 saturated heterocycles. The van der Waals surface area contributed by atoms with Gasteiger partial charge in [0.2, 0.25) is 5.91 Å². The van der Waals surface area contributed by atoms with Crippen molar-refractivity contribution in [3.05, 3.63) is 34.9 Å². The summed E-state index contributed by atoms with van der Waals surface area (Å²) in [5, 5.41) is 0.346. The normalized spacial score (nSPS) is 20.6. The van der Waals surface area contributed by atoms with Crippen LogP contribution >= 0.6 is 23.4 Å². The van der Waals surface area contributed by atoms with Crippen molar-refractivity contribution in [2.75, 3.05) is 12.4 Å². The number of carbonyl (C=O) groups excluding carboxylic acids is 2. The van der Waals surface area contributed by atoms with Crippen LogP contribution in [0.2, 0.25) is 5.02 Å². The van der Waals surface area contributed by atoms with Crippen molar-refractivity contribution in [1.29, 1.82) is 0 Å². The number of carbonyl (C=O) groups is 2. The molecule has 0 aliphatic carbocycles. The van der Waals surface area contributed by atoms with E-state index in [0.29, 0.717) is 23.8 Å². The van der Waals surface area contributed by atoms with Crippen LogP contribution in [-0.4, -0.2) is 35.2 Å². The van der Waals surface area contributed by atoms with E-state index in [1.54, 1.807) is 16.7 Å². The Labute approximate surface area is 159 Å². The molecule has 1 aliphatic rings. The van der Waals surface area contributed by atoms with Gasteiger partial charge < -0.3 is 9.64 Å². The van der Waals surface area contributed by atoms with Gasteiger partial charge in [0.05, 0.1) is 6.61 Å². The van der Waals surface area contributed by atoms with Crippen molar-refractivity contribution in [1.82, 2.24) is 4.90 Å². The molecule has 0 aromatic heterocycles. The van der Waals surface area contributed by atoms with Crippen molar-refractivity contribution in [3.8, 4) is 0 Å². The van der Waals surface area contributed by atoms with Crippen molar-refractivity contribution < 1.29 is 14.3 Å². The number of esters is 1. The fourth-order valence-electron chi connectivity index (χ4n) is 2.75. The molecule has 4 nitrogen and oxygen atoms in total. The van der Waals surface area contributed by atoms with Gasteiger partial charge in [-0.1, -0.05) is 57.5 Å². The molecule has 0 N–H and O–H groups in total. The van der Waals surface area contributed by atoms with Gasteiger partial charge in [0.1, 0.15) is 11.4 Å². The number of nitrogens with zero attached hydrogens (tertiary/aromatic N) is 1. The van der Waals surface area contributed by atoms with E-state index in [1.807, 2.05) is 52.0 Å². The van der Waals surface area contributed by atoms with Gasteiger partial charge in [0.25, 0.3) is 0 Å². The average Bonchev–Trinajstić information content (AvgIpc) is 2.96. The van der Waals surface area contributed by atoms with Gasteiger partial charge in [-0.25, -0.2) is 4.79 Å². The third kappa shape index (κ3) is 5.14. The maximum absolute atomic E-state index is 13.0. The van der Waals surface area contributed by atoms with Crippen molar-refractivity contribution >= 4 is 35.2 Å². The second-order valence-corrected chi connectivity index (χ2v) is 8.95. The Morgan fingerprint density at radius 1 is 1.32 bits per heavy atom. The van der Waals surface area contributed by atoms with Gasteiger partial charge in [0, 0.05) is 22.8 Å². The molecule has 1 aromatic carbocycles. The molecule has 2 rings (SSSR count). The third-order valence-corrected chi connectivity index (χ3v) is 5.51. The van der Waals surface area contributed by atoms with Crippen LogP contribution in [0.15, 0.2) is 24.3 Å². The number of thioether (sulfide) groups is 1. The number of amides is 1. The molecule has 0 radical (unpaired) electrons. The van der Waals surface area contributed by atoms with E-state index in [0.717, 1.165) is 12.0 Å². The minimum atomic E-state index is -0.562. The van der Waals surface area contributed by atoms with E-state index in [1.165, 1.54) is 0 Å². The summed E-state index contributed by atoms with van der Waals surface area (Å²) in [7, 11) is 0. The summed E-state index contributed by atoms with van der Waals surface area (Å²) in [4.78, 5) is 27.2. The smallest absolute Gasteiger partial charge is 0.329 e. The Balaban J connectivity index is 2.31. The zero-order valence-electron chi connectivity index (χ0n) is 15.3. The first kappa shape index (κ1) is 20.1. The van der Waals surface area contributed by atoms with E-state index < -0.39 is 6.04 Å². The molecule has 0 spiro atoms. The Hall–Kier alpha value is -1.20. The number of halogens is 1. The fourth-order valence-corrected chi connectivity index (χ4v) is 4.53. The average molecular weight is 384 g/mol. The second-order valence-electron chi connectivity index (χ2n) is 7.43. The highest BCUT2D eigenvalue weighted by atomic mass is 35.5. The Bertz CT molecular complexity index is 629. The quantitative estimate of drug-likeness (QED) is 0.693. The van der Waals surface area contributed by atoms with Crippen LogP contribution in [0.3, 0.4) is 0 Å². The molecule has 1 fully saturated rings. The summed E-state index contributed by atoms with van der Waals surface area (Å²) in [6.07, 6.45) is 1.13. The summed E-state index contributed by atoms with van der Waals surface area (Å²) in [5.41, 5.74) is 0.704. The van der Waals surface area contributed by atoms with Gasteiger partial charge in [-0.3, -0.25) is 4.79 Å². The molecule has 1 heterocycles. The van der Waals surface area contributed by atoms with E-state index in [9.17, 15) is 9.59 Å². The lowest BCUT2D eigenvalue weighted by molar-refractivity contribution is -0.154. The molecular formula is C19H26ClNO3S. The second kappa shape index (κ2) is 8.45. The number of hydrogen-bond acceptors (Lipinski definition) is 4. The summed E-state index contributed by atoms with van der Waals surface area (Å²) < 4.78 is 5.32. The van der Waals surface area contributed by atoms with Gasteiger partial charge in [-0.2, -0.15) is 0 Å². The summed E-state index contributed by atoms with van der Waals surface area (Å²) >= 11 is 7.91. The minimum absolute atomic E-state index is 0.0409. The van der Waals surface area contributed by atoms with Crippen LogP contribution in [0.4, 0.5) is 0 Å². The number of ether oxygens (including phenoxy) is 1. The van der Waals surface area contributed by atoms with Crippen molar-refractivity contribution in [2.45, 2.75) is 52.0 Å². The molecular weight excluding hydrogens is 358 g/mol. The highest BCUT2D eigenvalue weighted by Crippen LogP contribution is 2.45. The van der Waals surface area contributed by atoms with E-state index in [2.05, 4.69) is 0 Å². The minimum Gasteiger partial charge on any atom is -0.464 e. The van der Waals surface area contributed by atoms with Crippen LogP contribution in [0.5, 0.6) is 0 Å². The predicted octanol–water partition coefficient (Wildman–Crippen LogP) is 4.67. The van der Waals surface area contributed by atoms with Gasteiger partial charge in [-0.05, 0) is 17.9 Å². The number of rotatable bonds is 5. The number of hydrogen-bond donors (Lipinski definition) is 0. The standard InChI is InChI=1S/C19H26ClNO3S/c1-5-10-24-18(23)15-12-25-17(13-8-6-7-9-14(13)20)21(15)16(22)11-19(2,3)4/h6-9,15,17H,5,10-12H2,1-4H3/t15-,17-/m1/s1. The molecule has 25 heavy (non-hydrogen) atoms. The van der Waals surface area contributed by atoms with Crippen LogP contribution in [0.25, 0.3) is 0 Å². The molecule has 0 saturated carbocycles. The maximum Gasteiger partial charge on any atom is 0.329 e. The van der Waals surface area contributed by atoms with Gasteiger partial charge in [-0.15, -0.1) is 11.8 Å². The van der Waals surface area contributed by atoms with E-state index in [-0.39, 0.29) is 22.7 Å². The molecule has 0 unspecified atom stereocenters. The molecule has 2 atom stereocenters. The first-order valence-corrected chi connectivity index (χ1v) is 10.0. The molecule has 1 aliphatic heterocycles. The fraction of sp³-hybridized carbons (Fsp3) is 0.579. The first-order valence-electron chi connectivity index (χ1n) is 8.58. The lowest BCUT2D eigenvalue weighted by Crippen LogP contribution is -2.45. The van der Waals surface area contributed by atoms with E-state index in [4.69, 9.17) is 16.3 Å². The lowest BCUT2D eigenvalue weighted by Gasteiger charge is -2.31. The van der Waals surface area contributed by atoms with Crippen LogP contribution < -0.4 is 0 Å². The predicted molar refractivity (Wildman–Crippen MR) is 103 cm³/mol. The van der Waals surface area contributed by atoms with Crippen LogP contribution in [-0.2, 0) is 14.3 Å². The Kier molecular flexibility index (Phi) is 6.80. The zero-order chi connectivity index (χ0) is 18.6. The topological polar surface area (TPSA) is 46.6 Å². The summed E-state index contributed by atoms with van der Waals surface area (Å²) in [6.45, 7) is 8.37. The molecule has 1 amide bonds. The Morgan fingerprint density at radius 2 is 2.00 bits per heavy atom. The largest absolute Gasteiger partial charge is 0.464 e. The SMILES string of the molecule is CCCOC(=O)[C@H]1CS[C@H](c2ccccc2Cl)N1C(=O)CC(C)(C)C. The van der Waals surface area contributed by atoms with Crippen LogP contribution in [0.1, 0.15) is 51.5 Å². The first-order chi connectivity index (χ1) is 11.7. The molecule has 6 heteroatoms. The lowest BCUT2D eigenvalue weighted by atomic mass is 9.91. The summed E-state index contributed by atoms with van der Waals surface area (Å²) in [5.74, 6) is 0.154. The van der Waals surface area contributed by atoms with Gasteiger partial charge in [0.15, 0.2) is 0 Å². The van der Waals surface area contributed by atoms with Crippen molar-refractivity contribution in [2.24, 2.45) is 5.41 Å². The highest BCUT2D eigenvalue weighted by molar-refractivity contribution is 7.99.